The van der Waals surface area contributed by atoms with E-state index in [4.69, 9.17) is 27.9 Å². The van der Waals surface area contributed by atoms with Crippen molar-refractivity contribution in [2.45, 2.75) is 24.3 Å². The molecule has 162 valence electrons. The van der Waals surface area contributed by atoms with Crippen LogP contribution in [0.2, 0.25) is 10.0 Å². The minimum Gasteiger partial charge on any atom is -0.454 e. The number of nitrogens with zero attached hydrogens (tertiary/aromatic N) is 2. The molecule has 4 rings (SSSR count). The minimum absolute atomic E-state index is 0.0216. The van der Waals surface area contributed by atoms with Crippen LogP contribution >= 0.6 is 23.2 Å². The largest absolute Gasteiger partial charge is 0.454 e. The number of aromatic amines is 1. The van der Waals surface area contributed by atoms with Gasteiger partial charge in [0.2, 0.25) is 10.0 Å². The first-order valence-corrected chi connectivity index (χ1v) is 11.6. The van der Waals surface area contributed by atoms with Crippen LogP contribution < -0.4 is 5.56 Å². The number of nitrogens with one attached hydrogen (secondary N) is 1. The summed E-state index contributed by atoms with van der Waals surface area (Å²) in [5.41, 5.74) is -0.000612. The first kappa shape index (κ1) is 21.8. The number of halogens is 2. The molecule has 3 aromatic rings. The van der Waals surface area contributed by atoms with Gasteiger partial charge in [-0.1, -0.05) is 23.2 Å². The lowest BCUT2D eigenvalue weighted by Gasteiger charge is -2.17. The topological polar surface area (TPSA) is 109 Å². The highest BCUT2D eigenvalue weighted by molar-refractivity contribution is 7.89. The maximum atomic E-state index is 12.8. The molecule has 0 spiro atoms. The van der Waals surface area contributed by atoms with Crippen molar-refractivity contribution in [2.75, 3.05) is 13.1 Å². The Hall–Kier alpha value is -2.46. The van der Waals surface area contributed by atoms with E-state index in [1.54, 1.807) is 12.1 Å². The third kappa shape index (κ3) is 4.45. The second-order valence-corrected chi connectivity index (χ2v) is 9.76. The molecule has 0 amide bonds. The number of hydrogen-bond acceptors (Lipinski definition) is 6. The van der Waals surface area contributed by atoms with Crippen LogP contribution in [0.1, 0.15) is 29.0 Å². The van der Waals surface area contributed by atoms with Gasteiger partial charge in [-0.15, -0.1) is 0 Å². The summed E-state index contributed by atoms with van der Waals surface area (Å²) in [5, 5.41) is 0.802. The predicted octanol–water partition coefficient (Wildman–Crippen LogP) is 3.37. The highest BCUT2D eigenvalue weighted by Gasteiger charge is 2.30. The van der Waals surface area contributed by atoms with Gasteiger partial charge >= 0.3 is 5.97 Å². The van der Waals surface area contributed by atoms with Crippen molar-refractivity contribution in [1.82, 2.24) is 14.3 Å². The lowest BCUT2D eigenvalue weighted by molar-refractivity contribution is 0.0462. The van der Waals surface area contributed by atoms with Crippen LogP contribution in [-0.4, -0.2) is 41.7 Å². The van der Waals surface area contributed by atoms with Crippen LogP contribution in [0.4, 0.5) is 0 Å². The van der Waals surface area contributed by atoms with Crippen molar-refractivity contribution in [3.8, 4) is 0 Å². The van der Waals surface area contributed by atoms with Crippen molar-refractivity contribution in [1.29, 1.82) is 0 Å². The summed E-state index contributed by atoms with van der Waals surface area (Å²) in [7, 11) is -3.81. The predicted molar refractivity (Wildman–Crippen MR) is 116 cm³/mol. The molecule has 2 heterocycles. The highest BCUT2D eigenvalue weighted by Crippen LogP contribution is 2.28. The van der Waals surface area contributed by atoms with Gasteiger partial charge in [0, 0.05) is 18.1 Å². The van der Waals surface area contributed by atoms with Crippen molar-refractivity contribution >= 4 is 50.1 Å². The van der Waals surface area contributed by atoms with E-state index in [0.717, 1.165) is 12.8 Å². The number of carbonyl (C=O) groups is 1. The zero-order valence-electron chi connectivity index (χ0n) is 16.1. The van der Waals surface area contributed by atoms with Gasteiger partial charge in [0.25, 0.3) is 5.56 Å². The fraction of sp³-hybridized carbons (Fsp3) is 0.250. The number of aromatic nitrogens is 2. The summed E-state index contributed by atoms with van der Waals surface area (Å²) in [6.45, 7) is 0.518. The molecular weight excluding hydrogens is 465 g/mol. The lowest BCUT2D eigenvalue weighted by atomic mass is 10.2. The molecule has 1 saturated heterocycles. The molecule has 0 unspecified atom stereocenters. The first-order valence-electron chi connectivity index (χ1n) is 9.41. The average molecular weight is 482 g/mol. The zero-order valence-corrected chi connectivity index (χ0v) is 18.4. The second kappa shape index (κ2) is 8.58. The Labute approximate surface area is 187 Å². The number of benzene rings is 2. The Bertz CT molecular complexity index is 1330. The van der Waals surface area contributed by atoms with Gasteiger partial charge in [-0.2, -0.15) is 4.31 Å². The second-order valence-electron chi connectivity index (χ2n) is 7.01. The standard InChI is InChI=1S/C20H17Cl2N3O5S/c21-13-4-5-14-16(10-13)23-18(24-19(14)26)11-30-20(27)12-3-6-15(22)17(9-12)31(28,29)25-7-1-2-8-25/h3-6,9-10H,1-2,7-8,11H2,(H,23,24,26). The SMILES string of the molecule is O=C(OCc1nc2cc(Cl)ccc2c(=O)[nH]1)c1ccc(Cl)c(S(=O)(=O)N2CCCC2)c1. The molecule has 0 aliphatic carbocycles. The first-order chi connectivity index (χ1) is 14.8. The number of carbonyl (C=O) groups excluding carboxylic acids is 1. The van der Waals surface area contributed by atoms with E-state index in [0.29, 0.717) is 29.0 Å². The molecule has 1 aromatic heterocycles. The molecular formula is C20H17Cl2N3O5S. The number of fused-ring (bicyclic) bond motifs is 1. The third-order valence-electron chi connectivity index (χ3n) is 4.91. The van der Waals surface area contributed by atoms with Gasteiger partial charge in [-0.25, -0.2) is 18.2 Å². The number of ether oxygens (including phenoxy) is 1. The monoisotopic (exact) mass is 481 g/mol. The molecule has 11 heteroatoms. The van der Waals surface area contributed by atoms with Crippen LogP contribution in [-0.2, 0) is 21.4 Å². The van der Waals surface area contributed by atoms with Crippen LogP contribution in [0, 0.1) is 0 Å². The minimum atomic E-state index is -3.81. The maximum absolute atomic E-state index is 12.8. The van der Waals surface area contributed by atoms with Crippen LogP contribution in [0.15, 0.2) is 46.1 Å². The zero-order chi connectivity index (χ0) is 22.2. The fourth-order valence-electron chi connectivity index (χ4n) is 3.34. The van der Waals surface area contributed by atoms with Gasteiger partial charge in [0.15, 0.2) is 0 Å². The number of sulfonamides is 1. The fourth-order valence-corrected chi connectivity index (χ4v) is 5.53. The molecule has 8 nitrogen and oxygen atoms in total. The van der Waals surface area contributed by atoms with Crippen LogP contribution in [0.5, 0.6) is 0 Å². The van der Waals surface area contributed by atoms with Crippen molar-refractivity contribution in [2.24, 2.45) is 0 Å². The molecule has 0 saturated carbocycles. The van der Waals surface area contributed by atoms with E-state index in [1.807, 2.05) is 0 Å². The van der Waals surface area contributed by atoms with Gasteiger partial charge in [-0.05, 0) is 49.2 Å². The lowest BCUT2D eigenvalue weighted by Crippen LogP contribution is -2.28. The summed E-state index contributed by atoms with van der Waals surface area (Å²) < 4.78 is 32.2. The Morgan fingerprint density at radius 1 is 1.13 bits per heavy atom. The summed E-state index contributed by atoms with van der Waals surface area (Å²) in [5.74, 6) is -0.643. The van der Waals surface area contributed by atoms with Gasteiger partial charge in [0.05, 0.1) is 21.5 Å². The number of rotatable bonds is 5. The van der Waals surface area contributed by atoms with E-state index in [9.17, 15) is 18.0 Å². The Morgan fingerprint density at radius 3 is 2.61 bits per heavy atom. The highest BCUT2D eigenvalue weighted by atomic mass is 35.5. The molecule has 2 aromatic carbocycles. The Morgan fingerprint density at radius 2 is 1.87 bits per heavy atom. The Kier molecular flexibility index (Phi) is 6.02. The average Bonchev–Trinajstić information content (AvgIpc) is 3.28. The summed E-state index contributed by atoms with van der Waals surface area (Å²) in [6.07, 6.45) is 1.56. The van der Waals surface area contributed by atoms with E-state index in [-0.39, 0.29) is 27.9 Å². The number of esters is 1. The third-order valence-corrected chi connectivity index (χ3v) is 7.52. The maximum Gasteiger partial charge on any atom is 0.338 e. The summed E-state index contributed by atoms with van der Waals surface area (Å²) >= 11 is 12.0. The molecule has 1 fully saturated rings. The summed E-state index contributed by atoms with van der Waals surface area (Å²) in [6, 6.07) is 8.59. The van der Waals surface area contributed by atoms with E-state index >= 15 is 0 Å². The van der Waals surface area contributed by atoms with Gasteiger partial charge < -0.3 is 9.72 Å². The molecule has 1 aliphatic heterocycles. The molecule has 0 atom stereocenters. The van der Waals surface area contributed by atoms with Crippen molar-refractivity contribution < 1.29 is 17.9 Å². The quantitative estimate of drug-likeness (QED) is 0.559. The number of H-pyrrole nitrogens is 1. The molecule has 1 N–H and O–H groups in total. The van der Waals surface area contributed by atoms with Crippen molar-refractivity contribution in [3.63, 3.8) is 0 Å². The molecule has 0 bridgehead atoms. The molecule has 31 heavy (non-hydrogen) atoms. The van der Waals surface area contributed by atoms with Gasteiger partial charge in [0.1, 0.15) is 17.3 Å². The van der Waals surface area contributed by atoms with Crippen LogP contribution in [0.25, 0.3) is 10.9 Å². The molecule has 1 aliphatic rings. The number of hydrogen-bond donors (Lipinski definition) is 1. The van der Waals surface area contributed by atoms with Crippen molar-refractivity contribution in [3.05, 3.63) is 68.2 Å². The Balaban J connectivity index is 1.56. The van der Waals surface area contributed by atoms with Crippen LogP contribution in [0.3, 0.4) is 0 Å². The smallest absolute Gasteiger partial charge is 0.338 e. The van der Waals surface area contributed by atoms with E-state index in [1.165, 1.54) is 28.6 Å². The summed E-state index contributed by atoms with van der Waals surface area (Å²) in [4.78, 5) is 31.3. The molecule has 0 radical (unpaired) electrons. The van der Waals surface area contributed by atoms with Gasteiger partial charge in [-0.3, -0.25) is 4.79 Å². The van der Waals surface area contributed by atoms with E-state index in [2.05, 4.69) is 9.97 Å². The normalized spacial score (nSPS) is 14.8. The van der Waals surface area contributed by atoms with E-state index < -0.39 is 21.6 Å².